The largest absolute Gasteiger partial charge is 0.507 e. The monoisotopic (exact) mass is 529 g/mol. The third-order valence-electron chi connectivity index (χ3n) is 5.19. The van der Waals surface area contributed by atoms with Gasteiger partial charge in [-0.3, -0.25) is 29.3 Å². The molecule has 1 atom stereocenters. The zero-order valence-corrected chi connectivity index (χ0v) is 21.6. The van der Waals surface area contributed by atoms with Crippen LogP contribution in [0.25, 0.3) is 0 Å². The van der Waals surface area contributed by atoms with Gasteiger partial charge in [-0.05, 0) is 43.5 Å². The van der Waals surface area contributed by atoms with Gasteiger partial charge in [0.05, 0.1) is 19.5 Å². The highest BCUT2D eigenvalue weighted by molar-refractivity contribution is 8.76. The number of phenolic OH excluding ortho intramolecular Hbond substituents is 2. The maximum atomic E-state index is 12.3. The molecule has 1 saturated heterocycles. The predicted octanol–water partition coefficient (Wildman–Crippen LogP) is 3.38. The molecule has 2 aromatic carbocycles. The number of esters is 1. The van der Waals surface area contributed by atoms with Crippen LogP contribution < -0.4 is 4.74 Å². The number of aromatic hydroxyl groups is 2. The van der Waals surface area contributed by atoms with E-state index in [4.69, 9.17) is 4.74 Å². The summed E-state index contributed by atoms with van der Waals surface area (Å²) in [7, 11) is 2.76. The molecule has 0 aromatic heterocycles. The lowest BCUT2D eigenvalue weighted by atomic mass is 10.1. The van der Waals surface area contributed by atoms with Gasteiger partial charge >= 0.3 is 5.97 Å². The first-order valence-corrected chi connectivity index (χ1v) is 13.8. The van der Waals surface area contributed by atoms with E-state index in [1.165, 1.54) is 46.0 Å². The van der Waals surface area contributed by atoms with Crippen LogP contribution in [0.5, 0.6) is 17.2 Å². The van der Waals surface area contributed by atoms with Crippen LogP contribution in [0, 0.1) is 6.92 Å². The molecule has 0 saturated carbocycles. The standard InChI is InChI=1S/C25H27N3O6S2/c1-16-3-5-20(29)17(11-16)14-26-8-9-27-15-18-12-19(4-6-21(18)30)34-24(32)7-10-28-23(31)13-22(25(28)33)36-35-2/h3-6,11-12,14-15,22,29-30H,7-10,13H2,1-2H3. The number of hydrogen-bond donors (Lipinski definition) is 2. The number of carbonyl (C=O) groups excluding carboxylic acids is 3. The minimum Gasteiger partial charge on any atom is -0.507 e. The normalized spacial score (nSPS) is 15.9. The zero-order chi connectivity index (χ0) is 26.1. The third-order valence-corrected chi connectivity index (χ3v) is 7.25. The molecule has 0 aliphatic carbocycles. The lowest BCUT2D eigenvalue weighted by Gasteiger charge is -2.14. The first-order chi connectivity index (χ1) is 17.3. The highest BCUT2D eigenvalue weighted by Gasteiger charge is 2.38. The van der Waals surface area contributed by atoms with Crippen molar-refractivity contribution in [1.82, 2.24) is 4.90 Å². The number of amides is 2. The summed E-state index contributed by atoms with van der Waals surface area (Å²) in [5, 5.41) is 19.5. The Bertz CT molecular complexity index is 1180. The fourth-order valence-electron chi connectivity index (χ4n) is 3.38. The predicted molar refractivity (Wildman–Crippen MR) is 142 cm³/mol. The van der Waals surface area contributed by atoms with Crippen LogP contribution in [0.15, 0.2) is 46.4 Å². The summed E-state index contributed by atoms with van der Waals surface area (Å²) in [5.41, 5.74) is 2.01. The lowest BCUT2D eigenvalue weighted by Crippen LogP contribution is -2.33. The van der Waals surface area contributed by atoms with E-state index in [0.29, 0.717) is 24.2 Å². The lowest BCUT2D eigenvalue weighted by molar-refractivity contribution is -0.140. The highest BCUT2D eigenvalue weighted by atomic mass is 33.1. The van der Waals surface area contributed by atoms with Crippen molar-refractivity contribution in [2.24, 2.45) is 9.98 Å². The minimum atomic E-state index is -0.598. The number of rotatable bonds is 11. The van der Waals surface area contributed by atoms with Crippen molar-refractivity contribution in [2.75, 3.05) is 25.9 Å². The number of hydrogen-bond acceptors (Lipinski definition) is 10. The van der Waals surface area contributed by atoms with Gasteiger partial charge in [-0.25, -0.2) is 0 Å². The summed E-state index contributed by atoms with van der Waals surface area (Å²) in [5.74, 6) is -0.836. The van der Waals surface area contributed by atoms with Crippen molar-refractivity contribution >= 4 is 51.8 Å². The van der Waals surface area contributed by atoms with Crippen LogP contribution in [0.2, 0.25) is 0 Å². The number of ether oxygens (including phenoxy) is 1. The van der Waals surface area contributed by atoms with E-state index >= 15 is 0 Å². The molecule has 1 aliphatic rings. The average molecular weight is 530 g/mol. The maximum Gasteiger partial charge on any atom is 0.312 e. The molecule has 1 aliphatic heterocycles. The number of carbonyl (C=O) groups is 3. The molecule has 2 amide bonds. The molecule has 190 valence electrons. The van der Waals surface area contributed by atoms with Gasteiger partial charge in [0, 0.05) is 36.5 Å². The van der Waals surface area contributed by atoms with Crippen LogP contribution in [0.1, 0.15) is 29.5 Å². The molecule has 11 heteroatoms. The van der Waals surface area contributed by atoms with Gasteiger partial charge in [0.15, 0.2) is 0 Å². The van der Waals surface area contributed by atoms with Gasteiger partial charge < -0.3 is 14.9 Å². The SMILES string of the molecule is CSSC1CC(=O)N(CCC(=O)Oc2ccc(O)c(C=NCCN=Cc3cc(C)ccc3O)c2)C1=O. The van der Waals surface area contributed by atoms with Crippen LogP contribution in [0.3, 0.4) is 0 Å². The molecule has 2 aromatic rings. The van der Waals surface area contributed by atoms with Crippen molar-refractivity contribution in [3.63, 3.8) is 0 Å². The number of aryl methyl sites for hydroxylation is 1. The summed E-state index contributed by atoms with van der Waals surface area (Å²) < 4.78 is 5.31. The Hall–Kier alpha value is -3.31. The number of benzene rings is 2. The van der Waals surface area contributed by atoms with E-state index < -0.39 is 11.2 Å². The van der Waals surface area contributed by atoms with Gasteiger partial charge in [-0.2, -0.15) is 0 Å². The molecule has 1 unspecified atom stereocenters. The molecule has 0 radical (unpaired) electrons. The van der Waals surface area contributed by atoms with Crippen LogP contribution in [-0.4, -0.2) is 76.5 Å². The number of likely N-dealkylation sites (tertiary alicyclic amines) is 1. The Labute approximate surface area is 217 Å². The van der Waals surface area contributed by atoms with E-state index in [2.05, 4.69) is 9.98 Å². The summed E-state index contributed by atoms with van der Waals surface area (Å²) in [4.78, 5) is 46.2. The van der Waals surface area contributed by atoms with Gasteiger partial charge in [0.1, 0.15) is 22.5 Å². The van der Waals surface area contributed by atoms with Gasteiger partial charge in [0.25, 0.3) is 0 Å². The zero-order valence-electron chi connectivity index (χ0n) is 19.9. The quantitative estimate of drug-likeness (QED) is 0.113. The van der Waals surface area contributed by atoms with Crippen molar-refractivity contribution < 1.29 is 29.3 Å². The van der Waals surface area contributed by atoms with Gasteiger partial charge in [-0.1, -0.05) is 33.2 Å². The smallest absolute Gasteiger partial charge is 0.312 e. The molecule has 0 spiro atoms. The van der Waals surface area contributed by atoms with Gasteiger partial charge in [0.2, 0.25) is 11.8 Å². The summed E-state index contributed by atoms with van der Waals surface area (Å²) in [6, 6.07) is 9.56. The Kier molecular flexibility index (Phi) is 9.95. The van der Waals surface area contributed by atoms with Crippen molar-refractivity contribution in [1.29, 1.82) is 0 Å². The van der Waals surface area contributed by atoms with Crippen molar-refractivity contribution in [3.05, 3.63) is 53.1 Å². The van der Waals surface area contributed by atoms with Gasteiger partial charge in [-0.15, -0.1) is 0 Å². The van der Waals surface area contributed by atoms with Crippen molar-refractivity contribution in [2.45, 2.75) is 25.0 Å². The summed E-state index contributed by atoms with van der Waals surface area (Å²) in [6.07, 6.45) is 4.89. The number of nitrogens with zero attached hydrogens (tertiary/aromatic N) is 3. The van der Waals surface area contributed by atoms with Crippen LogP contribution in [-0.2, 0) is 14.4 Å². The molecule has 36 heavy (non-hydrogen) atoms. The molecular weight excluding hydrogens is 502 g/mol. The Balaban J connectivity index is 1.49. The van der Waals surface area contributed by atoms with E-state index in [1.54, 1.807) is 12.3 Å². The van der Waals surface area contributed by atoms with E-state index in [9.17, 15) is 24.6 Å². The second-order valence-electron chi connectivity index (χ2n) is 7.92. The second-order valence-corrected chi connectivity index (χ2v) is 10.6. The molecule has 9 nitrogen and oxygen atoms in total. The van der Waals surface area contributed by atoms with E-state index in [-0.39, 0.29) is 48.4 Å². The molecule has 2 N–H and O–H groups in total. The maximum absolute atomic E-state index is 12.3. The Morgan fingerprint density at radius 2 is 1.72 bits per heavy atom. The van der Waals surface area contributed by atoms with Crippen LogP contribution >= 0.6 is 21.6 Å². The fourth-order valence-corrected chi connectivity index (χ4v) is 5.18. The highest BCUT2D eigenvalue weighted by Crippen LogP contribution is 2.32. The third kappa shape index (κ3) is 7.59. The number of aliphatic imine (C=N–C) groups is 2. The first-order valence-electron chi connectivity index (χ1n) is 11.1. The molecule has 0 bridgehead atoms. The second kappa shape index (κ2) is 13.1. The molecule has 3 rings (SSSR count). The first kappa shape index (κ1) is 27.3. The fraction of sp³-hybridized carbons (Fsp3) is 0.320. The number of phenols is 2. The number of imide groups is 1. The van der Waals surface area contributed by atoms with E-state index in [1.807, 2.05) is 25.3 Å². The Morgan fingerprint density at radius 1 is 1.08 bits per heavy atom. The minimum absolute atomic E-state index is 0.0303. The van der Waals surface area contributed by atoms with Crippen LogP contribution in [0.4, 0.5) is 0 Å². The topological polar surface area (TPSA) is 129 Å². The molecule has 1 fully saturated rings. The van der Waals surface area contributed by atoms with E-state index in [0.717, 1.165) is 10.5 Å². The summed E-state index contributed by atoms with van der Waals surface area (Å²) in [6.45, 7) is 2.62. The summed E-state index contributed by atoms with van der Waals surface area (Å²) >= 11 is 0. The molecule has 1 heterocycles. The average Bonchev–Trinajstić information content (AvgIpc) is 3.11. The van der Waals surface area contributed by atoms with Crippen molar-refractivity contribution in [3.8, 4) is 17.2 Å². The molecular formula is C25H27N3O6S2. The Morgan fingerprint density at radius 3 is 2.39 bits per heavy atom.